The Hall–Kier alpha value is -1.72. The number of anilines is 1. The minimum absolute atomic E-state index is 0.136. The van der Waals surface area contributed by atoms with Crippen LogP contribution in [0.3, 0.4) is 0 Å². The van der Waals surface area contributed by atoms with Crippen LogP contribution in [0.1, 0.15) is 21.7 Å². The third kappa shape index (κ3) is 4.39. The van der Waals surface area contributed by atoms with Crippen molar-refractivity contribution in [3.8, 4) is 0 Å². The van der Waals surface area contributed by atoms with Gasteiger partial charge in [-0.3, -0.25) is 4.79 Å². The summed E-state index contributed by atoms with van der Waals surface area (Å²) in [5.74, 6) is 0.507. The first-order valence-corrected chi connectivity index (χ1v) is 8.41. The first kappa shape index (κ1) is 16.6. The summed E-state index contributed by atoms with van der Waals surface area (Å²) in [4.78, 5) is 14.4. The third-order valence-corrected chi connectivity index (χ3v) is 4.00. The van der Waals surface area contributed by atoms with E-state index in [1.54, 1.807) is 13.0 Å². The number of rotatable bonds is 6. The molecule has 0 atom stereocenters. The van der Waals surface area contributed by atoms with Gasteiger partial charge in [0.1, 0.15) is 5.76 Å². The Kier molecular flexibility index (Phi) is 5.69. The predicted molar refractivity (Wildman–Crippen MR) is 91.9 cm³/mol. The van der Waals surface area contributed by atoms with Crippen LogP contribution >= 0.6 is 11.8 Å². The second-order valence-corrected chi connectivity index (χ2v) is 6.25. The summed E-state index contributed by atoms with van der Waals surface area (Å²) in [6.07, 6.45) is 2.92. The molecule has 22 heavy (non-hydrogen) atoms. The van der Waals surface area contributed by atoms with Crippen LogP contribution in [0.25, 0.3) is 0 Å². The third-order valence-electron chi connectivity index (χ3n) is 3.40. The number of thioether (sulfide) groups is 1. The summed E-state index contributed by atoms with van der Waals surface area (Å²) >= 11 is 1.49. The van der Waals surface area contributed by atoms with Crippen LogP contribution in [-0.2, 0) is 6.42 Å². The van der Waals surface area contributed by atoms with Crippen molar-refractivity contribution in [2.75, 3.05) is 32.2 Å². The number of likely N-dealkylation sites (N-methyl/N-ethyl adjacent to an activating group) is 1. The SMILES string of the molecule is CSc1cc(C(=O)Nc2ccc(CCN(C)C)cc2)c(C)o1. The molecule has 1 aromatic heterocycles. The number of carbonyl (C=O) groups excluding carboxylic acids is 1. The lowest BCUT2D eigenvalue weighted by molar-refractivity contribution is 0.102. The average molecular weight is 318 g/mol. The number of benzene rings is 1. The molecule has 0 aliphatic rings. The highest BCUT2D eigenvalue weighted by Gasteiger charge is 2.14. The summed E-state index contributed by atoms with van der Waals surface area (Å²) < 4.78 is 5.49. The number of aryl methyl sites for hydroxylation is 1. The summed E-state index contributed by atoms with van der Waals surface area (Å²) in [5.41, 5.74) is 2.64. The molecule has 2 aromatic rings. The fraction of sp³-hybridized carbons (Fsp3) is 0.353. The summed E-state index contributed by atoms with van der Waals surface area (Å²) in [6, 6.07) is 9.76. The lowest BCUT2D eigenvalue weighted by atomic mass is 10.1. The van der Waals surface area contributed by atoms with Gasteiger partial charge >= 0.3 is 0 Å². The Bertz CT molecular complexity index is 633. The highest BCUT2D eigenvalue weighted by atomic mass is 32.2. The second kappa shape index (κ2) is 7.51. The van der Waals surface area contributed by atoms with Crippen molar-refractivity contribution in [3.05, 3.63) is 47.2 Å². The van der Waals surface area contributed by atoms with E-state index in [0.717, 1.165) is 23.7 Å². The van der Waals surface area contributed by atoms with Gasteiger partial charge in [0.15, 0.2) is 5.09 Å². The average Bonchev–Trinajstić information content (AvgIpc) is 2.87. The molecule has 0 unspecified atom stereocenters. The highest BCUT2D eigenvalue weighted by Crippen LogP contribution is 2.23. The van der Waals surface area contributed by atoms with Crippen LogP contribution in [0.15, 0.2) is 39.8 Å². The number of furan rings is 1. The van der Waals surface area contributed by atoms with E-state index in [9.17, 15) is 4.79 Å². The quantitative estimate of drug-likeness (QED) is 0.826. The number of nitrogens with one attached hydrogen (secondary N) is 1. The molecule has 0 saturated carbocycles. The Morgan fingerprint density at radius 3 is 2.50 bits per heavy atom. The van der Waals surface area contributed by atoms with Crippen molar-refractivity contribution >= 4 is 23.4 Å². The van der Waals surface area contributed by atoms with E-state index in [-0.39, 0.29) is 5.91 Å². The van der Waals surface area contributed by atoms with Gasteiger partial charge in [-0.25, -0.2) is 0 Å². The smallest absolute Gasteiger partial charge is 0.259 e. The maximum Gasteiger partial charge on any atom is 0.259 e. The largest absolute Gasteiger partial charge is 0.454 e. The Morgan fingerprint density at radius 1 is 1.27 bits per heavy atom. The summed E-state index contributed by atoms with van der Waals surface area (Å²) in [6.45, 7) is 2.82. The van der Waals surface area contributed by atoms with E-state index in [2.05, 4.69) is 36.4 Å². The lowest BCUT2D eigenvalue weighted by Gasteiger charge is -2.10. The van der Waals surface area contributed by atoms with Crippen LogP contribution in [0.2, 0.25) is 0 Å². The van der Waals surface area contributed by atoms with Gasteiger partial charge < -0.3 is 14.6 Å². The number of nitrogens with zero attached hydrogens (tertiary/aromatic N) is 1. The van der Waals surface area contributed by atoms with Crippen molar-refractivity contribution in [2.24, 2.45) is 0 Å². The van der Waals surface area contributed by atoms with Gasteiger partial charge in [-0.15, -0.1) is 0 Å². The molecule has 4 nitrogen and oxygen atoms in total. The van der Waals surface area contributed by atoms with Gasteiger partial charge in [0.2, 0.25) is 0 Å². The Labute approximate surface area is 135 Å². The van der Waals surface area contributed by atoms with Crippen molar-refractivity contribution in [1.29, 1.82) is 0 Å². The second-order valence-electron chi connectivity index (χ2n) is 5.44. The molecule has 0 bridgehead atoms. The topological polar surface area (TPSA) is 45.5 Å². The first-order valence-electron chi connectivity index (χ1n) is 7.19. The van der Waals surface area contributed by atoms with E-state index in [0.29, 0.717) is 11.3 Å². The molecule has 5 heteroatoms. The minimum atomic E-state index is -0.136. The van der Waals surface area contributed by atoms with Crippen LogP contribution in [-0.4, -0.2) is 37.7 Å². The fourth-order valence-electron chi connectivity index (χ4n) is 2.09. The molecular formula is C17H22N2O2S. The molecule has 2 rings (SSSR count). The standard InChI is InChI=1S/C17H22N2O2S/c1-12-15(11-16(21-12)22-4)17(20)18-14-7-5-13(6-8-14)9-10-19(2)3/h5-8,11H,9-10H2,1-4H3,(H,18,20). The van der Waals surface area contributed by atoms with E-state index in [1.165, 1.54) is 17.3 Å². The molecule has 0 spiro atoms. The van der Waals surface area contributed by atoms with Crippen LogP contribution in [0, 0.1) is 6.92 Å². The molecule has 0 saturated heterocycles. The maximum atomic E-state index is 12.3. The number of carbonyl (C=O) groups is 1. The summed E-state index contributed by atoms with van der Waals surface area (Å²) in [7, 11) is 4.12. The zero-order valence-electron chi connectivity index (χ0n) is 13.5. The van der Waals surface area contributed by atoms with Gasteiger partial charge in [-0.05, 0) is 51.4 Å². The normalized spacial score (nSPS) is 11.0. The number of hydrogen-bond donors (Lipinski definition) is 1. The molecule has 1 N–H and O–H groups in total. The molecule has 1 aromatic carbocycles. The van der Waals surface area contributed by atoms with Crippen LogP contribution in [0.5, 0.6) is 0 Å². The predicted octanol–water partition coefficient (Wildman–Crippen LogP) is 3.67. The summed E-state index contributed by atoms with van der Waals surface area (Å²) in [5, 5.41) is 3.66. The molecule has 0 aliphatic carbocycles. The lowest BCUT2D eigenvalue weighted by Crippen LogP contribution is -2.15. The van der Waals surface area contributed by atoms with E-state index < -0.39 is 0 Å². The molecule has 1 amide bonds. The van der Waals surface area contributed by atoms with E-state index in [4.69, 9.17) is 4.42 Å². The van der Waals surface area contributed by atoms with Gasteiger partial charge in [-0.1, -0.05) is 23.9 Å². The van der Waals surface area contributed by atoms with Gasteiger partial charge in [0, 0.05) is 18.3 Å². The molecular weight excluding hydrogens is 296 g/mol. The van der Waals surface area contributed by atoms with Gasteiger partial charge in [0.05, 0.1) is 5.56 Å². The number of hydrogen-bond acceptors (Lipinski definition) is 4. The maximum absolute atomic E-state index is 12.3. The van der Waals surface area contributed by atoms with E-state index in [1.807, 2.05) is 18.4 Å². The van der Waals surface area contributed by atoms with Crippen molar-refractivity contribution in [3.63, 3.8) is 0 Å². The molecule has 1 heterocycles. The van der Waals surface area contributed by atoms with Gasteiger partial charge in [0.25, 0.3) is 5.91 Å². The molecule has 0 fully saturated rings. The zero-order chi connectivity index (χ0) is 16.1. The van der Waals surface area contributed by atoms with Crippen molar-refractivity contribution in [1.82, 2.24) is 4.90 Å². The fourth-order valence-corrected chi connectivity index (χ4v) is 2.53. The number of amides is 1. The highest BCUT2D eigenvalue weighted by molar-refractivity contribution is 7.98. The van der Waals surface area contributed by atoms with E-state index >= 15 is 0 Å². The minimum Gasteiger partial charge on any atom is -0.454 e. The first-order chi connectivity index (χ1) is 10.5. The van der Waals surface area contributed by atoms with Crippen LogP contribution < -0.4 is 5.32 Å². The van der Waals surface area contributed by atoms with Crippen molar-refractivity contribution in [2.45, 2.75) is 18.4 Å². The van der Waals surface area contributed by atoms with Crippen molar-refractivity contribution < 1.29 is 9.21 Å². The van der Waals surface area contributed by atoms with Gasteiger partial charge in [-0.2, -0.15) is 0 Å². The molecule has 0 radical (unpaired) electrons. The van der Waals surface area contributed by atoms with Crippen LogP contribution in [0.4, 0.5) is 5.69 Å². The molecule has 118 valence electrons. The Balaban J connectivity index is 2.00. The Morgan fingerprint density at radius 2 is 1.95 bits per heavy atom. The monoisotopic (exact) mass is 318 g/mol. The molecule has 0 aliphatic heterocycles. The zero-order valence-corrected chi connectivity index (χ0v) is 14.3.